The molecule has 2 N–H and O–H groups in total. The van der Waals surface area contributed by atoms with Crippen molar-refractivity contribution in [1.82, 2.24) is 0 Å². The number of allylic oxidation sites excluding steroid dienone is 2. The first-order chi connectivity index (χ1) is 20.9. The van der Waals surface area contributed by atoms with E-state index < -0.39 is 70.9 Å². The number of aliphatic hydroxyl groups is 2. The molecule has 2 spiro atoms. The van der Waals surface area contributed by atoms with Crippen molar-refractivity contribution in [3.8, 4) is 0 Å². The lowest BCUT2D eigenvalue weighted by Gasteiger charge is -2.59. The zero-order valence-corrected chi connectivity index (χ0v) is 26.2. The van der Waals surface area contributed by atoms with Gasteiger partial charge in [-0.15, -0.1) is 0 Å². The molecule has 2 saturated heterocycles. The quantitative estimate of drug-likeness (QED) is 0.207. The van der Waals surface area contributed by atoms with Crippen LogP contribution in [0.3, 0.4) is 0 Å². The van der Waals surface area contributed by atoms with Crippen LogP contribution in [0.5, 0.6) is 0 Å². The van der Waals surface area contributed by atoms with Gasteiger partial charge in [0.05, 0.1) is 35.7 Å². The maximum Gasteiger partial charge on any atom is 0.335 e. The lowest BCUT2D eigenvalue weighted by atomic mass is 9.51. The van der Waals surface area contributed by atoms with E-state index in [1.165, 1.54) is 12.2 Å². The largest absolute Gasteiger partial charge is 0.463 e. The van der Waals surface area contributed by atoms with E-state index >= 15 is 0 Å². The van der Waals surface area contributed by atoms with Gasteiger partial charge < -0.3 is 38.6 Å². The summed E-state index contributed by atoms with van der Waals surface area (Å²) < 4.78 is 36.6. The van der Waals surface area contributed by atoms with Gasteiger partial charge in [-0.05, 0) is 38.2 Å². The molecule has 0 radical (unpaired) electrons. The van der Waals surface area contributed by atoms with Crippen molar-refractivity contribution >= 4 is 17.9 Å². The van der Waals surface area contributed by atoms with Crippen LogP contribution in [0.1, 0.15) is 66.7 Å². The fraction of sp³-hybridized carbons (Fsp3) is 0.727. The fourth-order valence-electron chi connectivity index (χ4n) is 7.59. The lowest BCUT2D eigenvalue weighted by molar-refractivity contribution is -0.242. The van der Waals surface area contributed by atoms with Crippen LogP contribution in [0, 0.1) is 16.7 Å². The maximum absolute atomic E-state index is 13.3. The predicted octanol–water partition coefficient (Wildman–Crippen LogP) is 2.72. The fourth-order valence-corrected chi connectivity index (χ4v) is 7.59. The molecule has 5 aliphatic rings. The second kappa shape index (κ2) is 12.7. The number of cyclic esters (lactones) is 1. The van der Waals surface area contributed by atoms with Crippen molar-refractivity contribution in [2.45, 2.75) is 115 Å². The molecule has 0 aromatic heterocycles. The Hall–Kier alpha value is -2.57. The Kier molecular flexibility index (Phi) is 9.45. The number of carbonyl (C=O) groups is 3. The average molecular weight is 619 g/mol. The van der Waals surface area contributed by atoms with Gasteiger partial charge in [0.15, 0.2) is 6.10 Å². The highest BCUT2D eigenvalue weighted by atomic mass is 16.6. The number of carbonyl (C=O) groups excluding carboxylic acids is 3. The minimum absolute atomic E-state index is 0.173. The molecule has 0 aromatic carbocycles. The van der Waals surface area contributed by atoms with Crippen molar-refractivity contribution in [3.05, 3.63) is 36.0 Å². The first-order valence-corrected chi connectivity index (χ1v) is 15.8. The van der Waals surface area contributed by atoms with Crippen LogP contribution in [0.2, 0.25) is 0 Å². The van der Waals surface area contributed by atoms with Crippen LogP contribution < -0.4 is 0 Å². The highest BCUT2D eigenvalue weighted by molar-refractivity contribution is 5.82. The third-order valence-electron chi connectivity index (χ3n) is 10.5. The Morgan fingerprint density at radius 2 is 1.95 bits per heavy atom. The molecule has 2 aliphatic carbocycles. The van der Waals surface area contributed by atoms with E-state index in [1.54, 1.807) is 26.0 Å². The summed E-state index contributed by atoms with van der Waals surface area (Å²) in [5, 5.41) is 21.1. The van der Waals surface area contributed by atoms with Crippen LogP contribution in [-0.2, 0) is 42.8 Å². The summed E-state index contributed by atoms with van der Waals surface area (Å²) in [4.78, 5) is 39.2. The summed E-state index contributed by atoms with van der Waals surface area (Å²) in [5.41, 5.74) is -1.86. The number of hydrogen-bond acceptors (Lipinski definition) is 11. The normalized spacial score (nSPS) is 44.6. The number of hydrogen-bond donors (Lipinski definition) is 2. The van der Waals surface area contributed by atoms with Crippen molar-refractivity contribution in [2.24, 2.45) is 16.7 Å². The van der Waals surface area contributed by atoms with E-state index in [0.717, 1.165) is 5.57 Å². The minimum Gasteiger partial charge on any atom is -0.463 e. The zero-order chi connectivity index (χ0) is 31.9. The van der Waals surface area contributed by atoms with E-state index in [4.69, 9.17) is 28.4 Å². The van der Waals surface area contributed by atoms with Gasteiger partial charge in [0.2, 0.25) is 0 Å². The summed E-state index contributed by atoms with van der Waals surface area (Å²) in [5.74, 6) is -2.19. The molecule has 3 fully saturated rings. The van der Waals surface area contributed by atoms with Gasteiger partial charge in [-0.1, -0.05) is 45.1 Å². The van der Waals surface area contributed by atoms with Crippen LogP contribution in [0.25, 0.3) is 0 Å². The predicted molar refractivity (Wildman–Crippen MR) is 156 cm³/mol. The van der Waals surface area contributed by atoms with Crippen molar-refractivity contribution < 1.29 is 53.0 Å². The van der Waals surface area contributed by atoms with E-state index in [-0.39, 0.29) is 38.1 Å². The third kappa shape index (κ3) is 5.66. The van der Waals surface area contributed by atoms with Crippen LogP contribution in [-0.4, -0.2) is 96.3 Å². The molecular weight excluding hydrogens is 572 g/mol. The average Bonchev–Trinajstić information content (AvgIpc) is 3.75. The van der Waals surface area contributed by atoms with Crippen molar-refractivity contribution in [2.75, 3.05) is 19.8 Å². The summed E-state index contributed by atoms with van der Waals surface area (Å²) >= 11 is 0. The van der Waals surface area contributed by atoms with Crippen LogP contribution in [0.15, 0.2) is 36.0 Å². The van der Waals surface area contributed by atoms with E-state index in [0.29, 0.717) is 25.9 Å². The molecule has 5 rings (SSSR count). The minimum atomic E-state index is -1.43. The van der Waals surface area contributed by atoms with Crippen LogP contribution in [0.4, 0.5) is 0 Å². The van der Waals surface area contributed by atoms with Gasteiger partial charge in [0.25, 0.3) is 0 Å². The first-order valence-electron chi connectivity index (χ1n) is 15.8. The second-order valence-corrected chi connectivity index (χ2v) is 13.2. The third-order valence-corrected chi connectivity index (χ3v) is 10.5. The molecule has 11 heteroatoms. The molecule has 3 aliphatic heterocycles. The van der Waals surface area contributed by atoms with Crippen molar-refractivity contribution in [1.29, 1.82) is 0 Å². The zero-order valence-electron chi connectivity index (χ0n) is 26.2. The molecule has 0 unspecified atom stereocenters. The highest BCUT2D eigenvalue weighted by Gasteiger charge is 2.83. The van der Waals surface area contributed by atoms with Gasteiger partial charge in [-0.25, -0.2) is 9.59 Å². The Morgan fingerprint density at radius 3 is 2.64 bits per heavy atom. The van der Waals surface area contributed by atoms with Gasteiger partial charge in [0, 0.05) is 31.9 Å². The smallest absolute Gasteiger partial charge is 0.335 e. The second-order valence-electron chi connectivity index (χ2n) is 13.2. The Labute approximate surface area is 258 Å². The summed E-state index contributed by atoms with van der Waals surface area (Å²) in [7, 11) is 0. The summed E-state index contributed by atoms with van der Waals surface area (Å²) in [6.45, 7) is 9.49. The lowest BCUT2D eigenvalue weighted by Crippen LogP contribution is -2.68. The molecule has 11 nitrogen and oxygen atoms in total. The Balaban J connectivity index is 1.54. The molecule has 0 amide bonds. The molecule has 0 aromatic rings. The maximum atomic E-state index is 13.3. The van der Waals surface area contributed by atoms with E-state index in [2.05, 4.69) is 0 Å². The number of ether oxygens (including phenoxy) is 6. The number of rotatable bonds is 4. The number of aliphatic hydroxyl groups excluding tert-OH is 2. The molecular formula is C33H46O11. The van der Waals surface area contributed by atoms with E-state index in [9.17, 15) is 24.6 Å². The standard InChI is InChI=1S/C33H46O11/c1-6-9-27(35)42-23-16-32-17-40-30(38)29(37)19(2)12-13-39-22(21(4)34)10-7-8-11-28(36)44-24-15-26(43-25(32)14-20(23)3)33(18-41-33)31(24,32)5/h7-8,10-11,14,19,21-26,29,34,37H,6,9,12-13,15-18H2,1-5H3/b10-7-,11-8-/t19-,21+,22-,23+,24-,25-,26-,29+,31-,32-,33+/m1/s1. The molecule has 2 bridgehead atoms. The monoisotopic (exact) mass is 618 g/mol. The highest BCUT2D eigenvalue weighted by Crippen LogP contribution is 2.72. The van der Waals surface area contributed by atoms with Gasteiger partial charge >= 0.3 is 17.9 Å². The first kappa shape index (κ1) is 32.8. The van der Waals surface area contributed by atoms with Crippen LogP contribution >= 0.6 is 0 Å². The van der Waals surface area contributed by atoms with Gasteiger partial charge in [-0.3, -0.25) is 4.79 Å². The van der Waals surface area contributed by atoms with Gasteiger partial charge in [-0.2, -0.15) is 0 Å². The molecule has 11 atom stereocenters. The van der Waals surface area contributed by atoms with Gasteiger partial charge in [0.1, 0.15) is 30.5 Å². The Bertz CT molecular complexity index is 1200. The van der Waals surface area contributed by atoms with E-state index in [1.807, 2.05) is 26.8 Å². The molecule has 1 saturated carbocycles. The SMILES string of the molecule is CCCC(=O)O[C@H]1C[C@@]23COC(=O)[C@@H](O)[C@H](C)CCO[C@@H]([C@H](C)O)/C=C\C=C/C(=O)O[C@@H]4C[C@@H](O[C@@H]2C=C1C)[C@@]1(CO1)[C@]43C. The number of epoxide rings is 1. The topological polar surface area (TPSA) is 150 Å². The molecule has 44 heavy (non-hydrogen) atoms. The Morgan fingerprint density at radius 1 is 1.20 bits per heavy atom. The van der Waals surface area contributed by atoms with Crippen molar-refractivity contribution in [3.63, 3.8) is 0 Å². The summed E-state index contributed by atoms with van der Waals surface area (Å²) in [6.07, 6.45) is 4.81. The molecule has 3 heterocycles. The molecule has 244 valence electrons. The number of esters is 3. The summed E-state index contributed by atoms with van der Waals surface area (Å²) in [6, 6.07) is 0.